The summed E-state index contributed by atoms with van der Waals surface area (Å²) in [5.41, 5.74) is 3.57. The van der Waals surface area contributed by atoms with E-state index in [1.54, 1.807) is 12.1 Å². The molecule has 0 radical (unpaired) electrons. The van der Waals surface area contributed by atoms with Crippen LogP contribution in [0.5, 0.6) is 5.75 Å². The molecule has 5 N–H and O–H groups in total. The molecule has 1 saturated heterocycles. The van der Waals surface area contributed by atoms with Crippen LogP contribution in [0.4, 0.5) is 13.2 Å². The first-order chi connectivity index (χ1) is 19.0. The van der Waals surface area contributed by atoms with Gasteiger partial charge in [-0.15, -0.1) is 0 Å². The number of ether oxygens (including phenoxy) is 1. The molecule has 2 aromatic heterocycles. The topological polar surface area (TPSA) is 145 Å². The zero-order valence-corrected chi connectivity index (χ0v) is 21.9. The monoisotopic (exact) mass is 574 g/mol. The number of aliphatic carboxylic acids is 1. The van der Waals surface area contributed by atoms with Crippen molar-refractivity contribution in [1.29, 1.82) is 0 Å². The Morgan fingerprint density at radius 1 is 1.10 bits per heavy atom. The molecular weight excluding hydrogens is 549 g/mol. The Kier molecular flexibility index (Phi) is 8.80. The number of carbonyl (C=O) groups is 2. The van der Waals surface area contributed by atoms with Gasteiger partial charge in [0.25, 0.3) is 5.91 Å². The van der Waals surface area contributed by atoms with Crippen LogP contribution in [-0.2, 0) is 11.4 Å². The van der Waals surface area contributed by atoms with E-state index in [0.717, 1.165) is 34.5 Å². The van der Waals surface area contributed by atoms with Crippen molar-refractivity contribution in [1.82, 2.24) is 30.8 Å². The van der Waals surface area contributed by atoms with Crippen LogP contribution in [0.1, 0.15) is 33.4 Å². The average molecular weight is 575 g/mol. The van der Waals surface area contributed by atoms with Crippen LogP contribution in [-0.4, -0.2) is 62.5 Å². The van der Waals surface area contributed by atoms with Gasteiger partial charge in [-0.05, 0) is 55.5 Å². The maximum atomic E-state index is 12.8. The number of carbonyl (C=O) groups excluding carboxylic acids is 1. The highest BCUT2D eigenvalue weighted by atomic mass is 32.1. The Labute approximate surface area is 231 Å². The number of alkyl halides is 3. The smallest absolute Gasteiger partial charge is 0.489 e. The maximum absolute atomic E-state index is 12.8. The van der Waals surface area contributed by atoms with Gasteiger partial charge in [0.05, 0.1) is 17.5 Å². The number of carboxylic acids is 1. The number of pyridine rings is 1. The van der Waals surface area contributed by atoms with Crippen molar-refractivity contribution in [2.75, 3.05) is 13.1 Å². The third-order valence-corrected chi connectivity index (χ3v) is 6.28. The molecule has 0 aliphatic carbocycles. The lowest BCUT2D eigenvalue weighted by atomic mass is 10.0. The molecule has 40 heavy (non-hydrogen) atoms. The summed E-state index contributed by atoms with van der Waals surface area (Å²) in [7, 11) is 0. The minimum absolute atomic E-state index is 0.0307. The number of rotatable bonds is 6. The van der Waals surface area contributed by atoms with Crippen LogP contribution in [0.15, 0.2) is 54.6 Å². The Morgan fingerprint density at radius 2 is 1.80 bits per heavy atom. The minimum Gasteiger partial charge on any atom is -0.489 e. The zero-order chi connectivity index (χ0) is 28.9. The van der Waals surface area contributed by atoms with E-state index in [1.807, 2.05) is 43.3 Å². The highest BCUT2D eigenvalue weighted by molar-refractivity contribution is 7.71. The lowest BCUT2D eigenvalue weighted by Gasteiger charge is -2.18. The van der Waals surface area contributed by atoms with Crippen LogP contribution in [0.25, 0.3) is 10.9 Å². The Morgan fingerprint density at radius 3 is 2.45 bits per heavy atom. The number of amides is 1. The third kappa shape index (κ3) is 7.21. The minimum atomic E-state index is -5.08. The number of para-hydroxylation sites is 1. The van der Waals surface area contributed by atoms with Crippen LogP contribution >= 0.6 is 12.2 Å². The Bertz CT molecular complexity index is 1550. The van der Waals surface area contributed by atoms with Crippen LogP contribution in [0.3, 0.4) is 0 Å². The standard InChI is InChI=1S/C24H24N6O2S.C2HF3O2/c1-14-10-16(18-4-2-3-5-20(18)26-14)13-32-17-8-6-15(7-9-17)23(31)27-21-12-25-11-19(21)22-28-24(33)30-29-22;3-2(4,5)1(6)7/h2-10,19,21,25H,11-13H2,1H3,(H,27,31)(H2,28,29,30,33);(H,6,7)/t19-,21-;/m0./s1. The molecule has 0 unspecified atom stereocenters. The molecule has 3 heterocycles. The predicted molar refractivity (Wildman–Crippen MR) is 142 cm³/mol. The first-order valence-corrected chi connectivity index (χ1v) is 12.5. The summed E-state index contributed by atoms with van der Waals surface area (Å²) in [6.07, 6.45) is -5.08. The van der Waals surface area contributed by atoms with E-state index < -0.39 is 12.1 Å². The SMILES string of the molecule is Cc1cc(COc2ccc(C(=O)N[C@H]3CNC[C@@H]3c3nc(=S)[nH][nH]3)cc2)c2ccccc2n1.O=C(O)C(F)(F)F. The molecule has 1 fully saturated rings. The van der Waals surface area contributed by atoms with Gasteiger partial charge in [-0.25, -0.2) is 9.78 Å². The summed E-state index contributed by atoms with van der Waals surface area (Å²) in [4.78, 5) is 30.6. The normalized spacial score (nSPS) is 16.7. The fourth-order valence-electron chi connectivity index (χ4n) is 4.21. The molecule has 0 saturated carbocycles. The maximum Gasteiger partial charge on any atom is 0.490 e. The van der Waals surface area contributed by atoms with Crippen molar-refractivity contribution in [2.45, 2.75) is 31.7 Å². The number of nitrogens with zero attached hydrogens (tertiary/aromatic N) is 2. The quantitative estimate of drug-likeness (QED) is 0.217. The van der Waals surface area contributed by atoms with Crippen molar-refractivity contribution in [3.05, 3.63) is 82.0 Å². The second kappa shape index (κ2) is 12.3. The molecule has 0 bridgehead atoms. The summed E-state index contributed by atoms with van der Waals surface area (Å²) in [6.45, 7) is 3.80. The van der Waals surface area contributed by atoms with E-state index >= 15 is 0 Å². The van der Waals surface area contributed by atoms with E-state index in [-0.39, 0.29) is 17.9 Å². The van der Waals surface area contributed by atoms with Gasteiger partial charge in [0.2, 0.25) is 4.77 Å². The predicted octanol–water partition coefficient (Wildman–Crippen LogP) is 4.02. The van der Waals surface area contributed by atoms with Gasteiger partial charge in [0.1, 0.15) is 18.2 Å². The molecule has 210 valence electrons. The lowest BCUT2D eigenvalue weighted by molar-refractivity contribution is -0.192. The largest absolute Gasteiger partial charge is 0.490 e. The summed E-state index contributed by atoms with van der Waals surface area (Å²) < 4.78 is 38.2. The third-order valence-electron chi connectivity index (χ3n) is 6.08. The van der Waals surface area contributed by atoms with Gasteiger partial charge < -0.3 is 20.5 Å². The number of halogens is 3. The van der Waals surface area contributed by atoms with E-state index in [2.05, 4.69) is 36.9 Å². The van der Waals surface area contributed by atoms with E-state index in [9.17, 15) is 18.0 Å². The molecule has 1 aliphatic heterocycles. The lowest BCUT2D eigenvalue weighted by Crippen LogP contribution is -2.39. The van der Waals surface area contributed by atoms with Gasteiger partial charge in [0.15, 0.2) is 0 Å². The van der Waals surface area contributed by atoms with Gasteiger partial charge in [-0.1, -0.05) is 18.2 Å². The van der Waals surface area contributed by atoms with E-state index in [0.29, 0.717) is 29.2 Å². The first-order valence-electron chi connectivity index (χ1n) is 12.1. The molecule has 2 aromatic carbocycles. The van der Waals surface area contributed by atoms with Crippen LogP contribution in [0, 0.1) is 11.7 Å². The molecule has 5 rings (SSSR count). The van der Waals surface area contributed by atoms with Crippen molar-refractivity contribution in [3.8, 4) is 5.75 Å². The van der Waals surface area contributed by atoms with Crippen molar-refractivity contribution >= 4 is 35.0 Å². The fourth-order valence-corrected chi connectivity index (χ4v) is 4.36. The highest BCUT2D eigenvalue weighted by Crippen LogP contribution is 2.22. The fraction of sp³-hybridized carbons (Fsp3) is 0.269. The summed E-state index contributed by atoms with van der Waals surface area (Å²) in [6, 6.07) is 17.2. The summed E-state index contributed by atoms with van der Waals surface area (Å²) in [5.74, 6) is -1.41. The van der Waals surface area contributed by atoms with E-state index in [1.165, 1.54) is 0 Å². The number of benzene rings is 2. The Hall–Kier alpha value is -4.30. The van der Waals surface area contributed by atoms with Gasteiger partial charge >= 0.3 is 12.1 Å². The molecular formula is C26H25F3N6O4S. The van der Waals surface area contributed by atoms with Crippen molar-refractivity contribution in [2.24, 2.45) is 0 Å². The second-order valence-electron chi connectivity index (χ2n) is 8.95. The number of H-pyrrole nitrogens is 2. The molecule has 2 atom stereocenters. The van der Waals surface area contributed by atoms with Gasteiger partial charge in [-0.2, -0.15) is 13.2 Å². The second-order valence-corrected chi connectivity index (χ2v) is 9.34. The molecule has 10 nitrogen and oxygen atoms in total. The highest BCUT2D eigenvalue weighted by Gasteiger charge is 2.38. The number of hydrogen-bond donors (Lipinski definition) is 5. The van der Waals surface area contributed by atoms with Gasteiger partial charge in [0, 0.05) is 35.3 Å². The number of nitrogens with one attached hydrogen (secondary N) is 4. The zero-order valence-electron chi connectivity index (χ0n) is 21.1. The molecule has 4 aromatic rings. The summed E-state index contributed by atoms with van der Waals surface area (Å²) in [5, 5.41) is 20.4. The number of carboxylic acid groups (broad SMARTS) is 1. The number of aromatic nitrogens is 4. The molecule has 1 aliphatic rings. The number of aromatic amines is 2. The van der Waals surface area contributed by atoms with Gasteiger partial charge in [-0.3, -0.25) is 20.0 Å². The molecule has 14 heteroatoms. The number of hydrogen-bond acceptors (Lipinski definition) is 7. The van der Waals surface area contributed by atoms with Crippen molar-refractivity contribution in [3.63, 3.8) is 0 Å². The average Bonchev–Trinajstić information content (AvgIpc) is 3.55. The van der Waals surface area contributed by atoms with Crippen molar-refractivity contribution < 1.29 is 32.6 Å². The van der Waals surface area contributed by atoms with Crippen LogP contribution < -0.4 is 15.4 Å². The molecule has 1 amide bonds. The van der Waals surface area contributed by atoms with Crippen LogP contribution in [0.2, 0.25) is 0 Å². The Balaban J connectivity index is 0.000000470. The van der Waals surface area contributed by atoms with E-state index in [4.69, 9.17) is 26.9 Å². The first kappa shape index (κ1) is 28.7. The summed E-state index contributed by atoms with van der Waals surface area (Å²) >= 11 is 5.04. The molecule has 0 spiro atoms. The number of fused-ring (bicyclic) bond motifs is 1. The number of aryl methyl sites for hydroxylation is 1.